The van der Waals surface area contributed by atoms with Crippen molar-refractivity contribution < 1.29 is 9.53 Å². The highest BCUT2D eigenvalue weighted by atomic mass is 35.5. The largest absolute Gasteiger partial charge is 0.422 e. The minimum Gasteiger partial charge on any atom is -0.422 e. The number of benzene rings is 1. The van der Waals surface area contributed by atoms with Gasteiger partial charge in [0.2, 0.25) is 0 Å². The van der Waals surface area contributed by atoms with Crippen molar-refractivity contribution in [1.82, 2.24) is 0 Å². The van der Waals surface area contributed by atoms with Crippen molar-refractivity contribution in [3.05, 3.63) is 25.1 Å². The molecular formula is C10H6Cl6O2. The summed E-state index contributed by atoms with van der Waals surface area (Å²) in [6, 6.07) is 0. The molecule has 0 amide bonds. The molecule has 0 radical (unpaired) electrons. The fourth-order valence-electron chi connectivity index (χ4n) is 0.888. The van der Waals surface area contributed by atoms with E-state index < -0.39 is 10.8 Å². The molecule has 0 aliphatic rings. The van der Waals surface area contributed by atoms with Gasteiger partial charge < -0.3 is 4.74 Å². The normalized spacial score (nSPS) is 11.6. The molecule has 0 atom stereocenters. The van der Waals surface area contributed by atoms with Crippen molar-refractivity contribution in [2.24, 2.45) is 0 Å². The average molecular weight is 371 g/mol. The fourth-order valence-corrected chi connectivity index (χ4v) is 2.13. The zero-order valence-electron chi connectivity index (χ0n) is 9.08. The van der Waals surface area contributed by atoms with Crippen molar-refractivity contribution in [3.63, 3.8) is 0 Å². The summed E-state index contributed by atoms with van der Waals surface area (Å²) in [5.41, 5.74) is 0. The number of rotatable bonds is 2. The zero-order chi connectivity index (χ0) is 14.2. The van der Waals surface area contributed by atoms with Gasteiger partial charge in [0.05, 0.1) is 15.1 Å². The van der Waals surface area contributed by atoms with Gasteiger partial charge in [0.1, 0.15) is 14.9 Å². The molecule has 8 heteroatoms. The van der Waals surface area contributed by atoms with Crippen LogP contribution in [0, 0.1) is 0 Å². The first kappa shape index (κ1) is 16.5. The Morgan fingerprint density at radius 3 is 1.56 bits per heavy atom. The third-order valence-corrected chi connectivity index (χ3v) is 4.25. The Hall–Kier alpha value is 0.430. The van der Waals surface area contributed by atoms with Crippen LogP contribution in [0.3, 0.4) is 0 Å². The van der Waals surface area contributed by atoms with Crippen LogP contribution >= 0.6 is 69.6 Å². The van der Waals surface area contributed by atoms with Crippen LogP contribution in [0.15, 0.2) is 0 Å². The average Bonchev–Trinajstić information content (AvgIpc) is 2.28. The van der Waals surface area contributed by atoms with Gasteiger partial charge in [-0.15, -0.1) is 11.6 Å². The van der Waals surface area contributed by atoms with Gasteiger partial charge in [-0.2, -0.15) is 0 Å². The second-order valence-electron chi connectivity index (χ2n) is 3.76. The Labute approximate surface area is 134 Å². The van der Waals surface area contributed by atoms with E-state index in [4.69, 9.17) is 74.3 Å². The number of esters is 1. The maximum absolute atomic E-state index is 11.7. The topological polar surface area (TPSA) is 26.3 Å². The summed E-state index contributed by atoms with van der Waals surface area (Å²) >= 11 is 35.0. The van der Waals surface area contributed by atoms with Crippen LogP contribution in [0.5, 0.6) is 5.75 Å². The molecule has 0 aliphatic carbocycles. The smallest absolute Gasteiger partial charge is 0.332 e. The van der Waals surface area contributed by atoms with Crippen LogP contribution in [-0.2, 0) is 4.79 Å². The molecule has 0 saturated carbocycles. The molecule has 0 spiro atoms. The van der Waals surface area contributed by atoms with E-state index in [9.17, 15) is 4.79 Å². The van der Waals surface area contributed by atoms with Crippen molar-refractivity contribution in [2.45, 2.75) is 18.7 Å². The number of alkyl halides is 1. The minimum absolute atomic E-state index is 0.0155. The highest BCUT2D eigenvalue weighted by Gasteiger charge is 2.30. The van der Waals surface area contributed by atoms with Gasteiger partial charge in [0, 0.05) is 0 Å². The molecule has 18 heavy (non-hydrogen) atoms. The molecule has 0 bridgehead atoms. The zero-order valence-corrected chi connectivity index (χ0v) is 13.6. The molecule has 1 aromatic carbocycles. The summed E-state index contributed by atoms with van der Waals surface area (Å²) in [5, 5.41) is -0.334. The van der Waals surface area contributed by atoms with Gasteiger partial charge in [-0.3, -0.25) is 0 Å². The van der Waals surface area contributed by atoms with E-state index in [1.54, 1.807) is 0 Å². The van der Waals surface area contributed by atoms with Gasteiger partial charge in [-0.05, 0) is 13.8 Å². The van der Waals surface area contributed by atoms with Crippen LogP contribution in [0.25, 0.3) is 0 Å². The third kappa shape index (κ3) is 3.30. The van der Waals surface area contributed by atoms with Crippen molar-refractivity contribution >= 4 is 75.6 Å². The molecule has 0 aliphatic heterocycles. The first-order chi connectivity index (χ1) is 8.07. The highest BCUT2D eigenvalue weighted by molar-refractivity contribution is 6.55. The summed E-state index contributed by atoms with van der Waals surface area (Å²) < 4.78 is 4.99. The van der Waals surface area contributed by atoms with E-state index in [-0.39, 0.29) is 30.9 Å². The Bertz CT molecular complexity index is 477. The molecule has 0 aromatic heterocycles. The van der Waals surface area contributed by atoms with Crippen molar-refractivity contribution in [2.75, 3.05) is 0 Å². The van der Waals surface area contributed by atoms with Gasteiger partial charge >= 0.3 is 5.97 Å². The fraction of sp³-hybridized carbons (Fsp3) is 0.300. The van der Waals surface area contributed by atoms with Crippen LogP contribution in [-0.4, -0.2) is 10.8 Å². The first-order valence-electron chi connectivity index (χ1n) is 4.50. The summed E-state index contributed by atoms with van der Waals surface area (Å²) in [5.74, 6) is -0.918. The van der Waals surface area contributed by atoms with Crippen LogP contribution < -0.4 is 4.74 Å². The number of halogens is 6. The SMILES string of the molecule is CC(C)(Cl)C(=O)Oc1c(Cl)c(Cl)c(Cl)c(Cl)c1Cl. The maximum atomic E-state index is 11.7. The molecule has 0 saturated heterocycles. The van der Waals surface area contributed by atoms with E-state index in [1.165, 1.54) is 13.8 Å². The quantitative estimate of drug-likeness (QED) is 0.214. The lowest BCUT2D eigenvalue weighted by Crippen LogP contribution is -2.29. The molecule has 0 N–H and O–H groups in total. The summed E-state index contributed by atoms with van der Waals surface area (Å²) in [6.45, 7) is 2.91. The molecule has 1 aromatic rings. The third-order valence-electron chi connectivity index (χ3n) is 1.85. The van der Waals surface area contributed by atoms with Crippen LogP contribution in [0.1, 0.15) is 13.8 Å². The summed E-state index contributed by atoms with van der Waals surface area (Å²) in [4.78, 5) is 10.4. The molecule has 0 fully saturated rings. The lowest BCUT2D eigenvalue weighted by Gasteiger charge is -2.17. The van der Waals surface area contributed by atoms with E-state index in [0.29, 0.717) is 0 Å². The molecule has 1 rings (SSSR count). The molecule has 2 nitrogen and oxygen atoms in total. The van der Waals surface area contributed by atoms with E-state index in [0.717, 1.165) is 0 Å². The van der Waals surface area contributed by atoms with Crippen molar-refractivity contribution in [1.29, 1.82) is 0 Å². The number of carbonyl (C=O) groups excluding carboxylic acids is 1. The monoisotopic (exact) mass is 368 g/mol. The predicted molar refractivity (Wildman–Crippen MR) is 77.1 cm³/mol. The molecule has 0 heterocycles. The van der Waals surface area contributed by atoms with E-state index in [2.05, 4.69) is 0 Å². The number of hydrogen-bond acceptors (Lipinski definition) is 2. The predicted octanol–water partition coefficient (Wildman–Crippen LogP) is 5.88. The van der Waals surface area contributed by atoms with Gasteiger partial charge in [-0.25, -0.2) is 4.79 Å². The second kappa shape index (κ2) is 5.82. The number of hydrogen-bond donors (Lipinski definition) is 0. The van der Waals surface area contributed by atoms with Crippen LogP contribution in [0.4, 0.5) is 0 Å². The van der Waals surface area contributed by atoms with Gasteiger partial charge in [0.25, 0.3) is 0 Å². The molecule has 0 unspecified atom stereocenters. The van der Waals surface area contributed by atoms with E-state index >= 15 is 0 Å². The Kier molecular flexibility index (Phi) is 5.33. The maximum Gasteiger partial charge on any atom is 0.332 e. The number of ether oxygens (including phenoxy) is 1. The summed E-state index contributed by atoms with van der Waals surface area (Å²) in [7, 11) is 0. The van der Waals surface area contributed by atoms with Gasteiger partial charge in [0.15, 0.2) is 5.75 Å². The Morgan fingerprint density at radius 2 is 1.22 bits per heavy atom. The molecular weight excluding hydrogens is 365 g/mol. The van der Waals surface area contributed by atoms with E-state index in [1.807, 2.05) is 0 Å². The Balaban J connectivity index is 3.31. The first-order valence-corrected chi connectivity index (χ1v) is 6.76. The molecule has 100 valence electrons. The van der Waals surface area contributed by atoms with Gasteiger partial charge in [-0.1, -0.05) is 58.0 Å². The lowest BCUT2D eigenvalue weighted by molar-refractivity contribution is -0.136. The Morgan fingerprint density at radius 1 is 0.889 bits per heavy atom. The van der Waals surface area contributed by atoms with Crippen molar-refractivity contribution in [3.8, 4) is 5.75 Å². The second-order valence-corrected chi connectivity index (χ2v) is 6.60. The highest BCUT2D eigenvalue weighted by Crippen LogP contribution is 2.48. The summed E-state index contributed by atoms with van der Waals surface area (Å²) in [6.07, 6.45) is 0. The standard InChI is InChI=1S/C10H6Cl6O2/c1-10(2,16)9(17)18-8-6(14)4(12)3(11)5(13)7(8)15/h1-2H3. The number of carbonyl (C=O) groups is 1. The minimum atomic E-state index is -1.24. The lowest BCUT2D eigenvalue weighted by atomic mass is 10.2. The van der Waals surface area contributed by atoms with Crippen LogP contribution in [0.2, 0.25) is 25.1 Å².